The normalized spacial score (nSPS) is 9.85. The van der Waals surface area contributed by atoms with Crippen molar-refractivity contribution in [3.8, 4) is 23.0 Å². The number of aromatic amines is 1. The van der Waals surface area contributed by atoms with E-state index in [4.69, 9.17) is 0 Å². The Morgan fingerprint density at radius 1 is 1.00 bits per heavy atom. The molecule has 0 aliphatic heterocycles. The zero-order valence-corrected chi connectivity index (χ0v) is 11.2. The van der Waals surface area contributed by atoms with E-state index < -0.39 is 0 Å². The van der Waals surface area contributed by atoms with Crippen LogP contribution in [0.1, 0.15) is 17.0 Å². The third-order valence-corrected chi connectivity index (χ3v) is 3.15. The average Bonchev–Trinajstić information content (AvgIpc) is 3.01. The summed E-state index contributed by atoms with van der Waals surface area (Å²) in [5.41, 5.74) is 4.68. The molecule has 0 spiro atoms. The van der Waals surface area contributed by atoms with Gasteiger partial charge in [0, 0.05) is 18.0 Å². The fraction of sp³-hybridized carbons (Fsp3) is 0.0556. The number of rotatable bonds is 1. The zero-order valence-electron chi connectivity index (χ0n) is 11.2. The smallest absolute Gasteiger partial charge is 0.182 e. The Morgan fingerprint density at radius 3 is 2.60 bits per heavy atom. The van der Waals surface area contributed by atoms with Gasteiger partial charge in [-0.2, -0.15) is 0 Å². The Balaban J connectivity index is 1.99. The molecule has 0 radical (unpaired) electrons. The van der Waals surface area contributed by atoms with Crippen LogP contribution >= 0.6 is 0 Å². The molecular formula is C18H14N2. The van der Waals surface area contributed by atoms with Crippen LogP contribution in [0.15, 0.2) is 60.9 Å². The summed E-state index contributed by atoms with van der Waals surface area (Å²) in [6.07, 6.45) is 3.48. The first-order valence-electron chi connectivity index (χ1n) is 6.50. The van der Waals surface area contributed by atoms with E-state index in [2.05, 4.69) is 65.1 Å². The van der Waals surface area contributed by atoms with Crippen molar-refractivity contribution in [2.75, 3.05) is 0 Å². The summed E-state index contributed by atoms with van der Waals surface area (Å²) in [6.45, 7) is 2.12. The molecule has 2 aromatic carbocycles. The van der Waals surface area contributed by atoms with Crippen molar-refractivity contribution in [3.05, 3.63) is 77.9 Å². The number of nitrogens with one attached hydrogen (secondary N) is 1. The molecule has 0 saturated heterocycles. The lowest BCUT2D eigenvalue weighted by atomic mass is 9.98. The van der Waals surface area contributed by atoms with Crippen molar-refractivity contribution in [2.45, 2.75) is 6.92 Å². The number of hydrogen-bond donors (Lipinski definition) is 1. The number of H-pyrrole nitrogens is 1. The topological polar surface area (TPSA) is 28.7 Å². The quantitative estimate of drug-likeness (QED) is 0.661. The molecule has 1 aromatic heterocycles. The molecule has 2 nitrogen and oxygen atoms in total. The van der Waals surface area contributed by atoms with Crippen LogP contribution in [0.4, 0.5) is 0 Å². The highest BCUT2D eigenvalue weighted by Crippen LogP contribution is 2.24. The molecule has 1 heterocycles. The first-order valence-corrected chi connectivity index (χ1v) is 6.50. The number of nitrogens with zero attached hydrogens (tertiary/aromatic N) is 1. The highest BCUT2D eigenvalue weighted by molar-refractivity contribution is 5.69. The maximum Gasteiger partial charge on any atom is 0.182 e. The lowest BCUT2D eigenvalue weighted by Gasteiger charge is -2.06. The average molecular weight is 258 g/mol. The lowest BCUT2D eigenvalue weighted by Crippen LogP contribution is -1.85. The summed E-state index contributed by atoms with van der Waals surface area (Å²) in [7, 11) is 0. The third kappa shape index (κ3) is 2.62. The van der Waals surface area contributed by atoms with Gasteiger partial charge in [-0.1, -0.05) is 42.3 Å². The molecule has 0 fully saturated rings. The number of aryl methyl sites for hydroxylation is 1. The predicted octanol–water partition coefficient (Wildman–Crippen LogP) is 3.78. The first-order chi connectivity index (χ1) is 9.83. The van der Waals surface area contributed by atoms with Crippen LogP contribution in [0.3, 0.4) is 0 Å². The molecule has 96 valence electrons. The number of imidazole rings is 1. The number of benzene rings is 2. The molecule has 20 heavy (non-hydrogen) atoms. The van der Waals surface area contributed by atoms with E-state index in [0.29, 0.717) is 5.82 Å². The van der Waals surface area contributed by atoms with E-state index in [-0.39, 0.29) is 0 Å². The Bertz CT molecular complexity index is 760. The van der Waals surface area contributed by atoms with E-state index in [1.54, 1.807) is 12.4 Å². The monoisotopic (exact) mass is 258 g/mol. The fourth-order valence-electron chi connectivity index (χ4n) is 2.09. The van der Waals surface area contributed by atoms with Crippen molar-refractivity contribution in [1.29, 1.82) is 0 Å². The van der Waals surface area contributed by atoms with Crippen molar-refractivity contribution in [2.24, 2.45) is 0 Å². The van der Waals surface area contributed by atoms with Gasteiger partial charge in [0.1, 0.15) is 0 Å². The van der Waals surface area contributed by atoms with Crippen LogP contribution in [-0.2, 0) is 0 Å². The van der Waals surface area contributed by atoms with Crippen LogP contribution < -0.4 is 0 Å². The van der Waals surface area contributed by atoms with Gasteiger partial charge in [-0.05, 0) is 41.7 Å². The van der Waals surface area contributed by atoms with E-state index >= 15 is 0 Å². The molecule has 0 amide bonds. The van der Waals surface area contributed by atoms with E-state index in [1.165, 1.54) is 16.7 Å². The van der Waals surface area contributed by atoms with Crippen LogP contribution in [0, 0.1) is 18.8 Å². The van der Waals surface area contributed by atoms with Crippen LogP contribution in [-0.4, -0.2) is 9.97 Å². The maximum absolute atomic E-state index is 4.10. The lowest BCUT2D eigenvalue weighted by molar-refractivity contribution is 1.25. The van der Waals surface area contributed by atoms with Gasteiger partial charge in [0.05, 0.1) is 0 Å². The summed E-state index contributed by atoms with van der Waals surface area (Å²) in [5.74, 6) is 6.85. The van der Waals surface area contributed by atoms with Gasteiger partial charge in [-0.25, -0.2) is 4.98 Å². The second-order valence-corrected chi connectivity index (χ2v) is 4.58. The summed E-state index contributed by atoms with van der Waals surface area (Å²) in [4.78, 5) is 7.08. The van der Waals surface area contributed by atoms with E-state index in [1.807, 2.05) is 12.1 Å². The minimum atomic E-state index is 0.687. The number of aromatic nitrogens is 2. The molecule has 3 rings (SSSR count). The summed E-state index contributed by atoms with van der Waals surface area (Å²) >= 11 is 0. The second kappa shape index (κ2) is 5.46. The molecule has 0 unspecified atom stereocenters. The first kappa shape index (κ1) is 12.3. The molecule has 1 N–H and O–H groups in total. The highest BCUT2D eigenvalue weighted by Gasteiger charge is 2.01. The van der Waals surface area contributed by atoms with Crippen LogP contribution in [0.5, 0.6) is 0 Å². The van der Waals surface area contributed by atoms with Crippen molar-refractivity contribution < 1.29 is 0 Å². The minimum absolute atomic E-state index is 0.687. The van der Waals surface area contributed by atoms with Gasteiger partial charge < -0.3 is 4.98 Å². The molecule has 0 bridgehead atoms. The Morgan fingerprint density at radius 2 is 1.85 bits per heavy atom. The van der Waals surface area contributed by atoms with Crippen molar-refractivity contribution >= 4 is 0 Å². The standard InChI is InChI=1S/C18H14N2/c1-14-7-8-15(9-10-18-19-11-12-20-18)13-17(14)16-5-3-2-4-6-16/h2-8,11-13H,1H3,(H,19,20). The van der Waals surface area contributed by atoms with Crippen molar-refractivity contribution in [3.63, 3.8) is 0 Å². The fourth-order valence-corrected chi connectivity index (χ4v) is 2.09. The van der Waals surface area contributed by atoms with Gasteiger partial charge in [0.25, 0.3) is 0 Å². The Hall–Kier alpha value is -2.79. The maximum atomic E-state index is 4.10. The molecule has 2 heteroatoms. The number of hydrogen-bond acceptors (Lipinski definition) is 1. The molecule has 0 atom stereocenters. The summed E-state index contributed by atoms with van der Waals surface area (Å²) < 4.78 is 0. The molecule has 0 aliphatic rings. The molecule has 3 aromatic rings. The largest absolute Gasteiger partial charge is 0.338 e. The van der Waals surface area contributed by atoms with Crippen LogP contribution in [0.2, 0.25) is 0 Å². The van der Waals surface area contributed by atoms with Crippen molar-refractivity contribution in [1.82, 2.24) is 9.97 Å². The Labute approximate surface area is 118 Å². The zero-order chi connectivity index (χ0) is 13.8. The van der Waals surface area contributed by atoms with Gasteiger partial charge in [-0.3, -0.25) is 0 Å². The summed E-state index contributed by atoms with van der Waals surface area (Å²) in [5, 5.41) is 0. The molecule has 0 saturated carbocycles. The highest BCUT2D eigenvalue weighted by atomic mass is 14.9. The SMILES string of the molecule is Cc1ccc(C#Cc2ncc[nH]2)cc1-c1ccccc1. The van der Waals surface area contributed by atoms with Gasteiger partial charge in [0.2, 0.25) is 0 Å². The van der Waals surface area contributed by atoms with E-state index in [9.17, 15) is 0 Å². The van der Waals surface area contributed by atoms with Gasteiger partial charge in [-0.15, -0.1) is 0 Å². The van der Waals surface area contributed by atoms with Gasteiger partial charge >= 0.3 is 0 Å². The molecular weight excluding hydrogens is 244 g/mol. The van der Waals surface area contributed by atoms with E-state index in [0.717, 1.165) is 5.56 Å². The van der Waals surface area contributed by atoms with Crippen LogP contribution in [0.25, 0.3) is 11.1 Å². The Kier molecular flexibility index (Phi) is 3.34. The molecule has 0 aliphatic carbocycles. The predicted molar refractivity (Wildman–Crippen MR) is 81.2 cm³/mol. The second-order valence-electron chi connectivity index (χ2n) is 4.58. The summed E-state index contributed by atoms with van der Waals surface area (Å²) in [6, 6.07) is 16.6. The van der Waals surface area contributed by atoms with Gasteiger partial charge in [0.15, 0.2) is 5.82 Å². The third-order valence-electron chi connectivity index (χ3n) is 3.15. The minimum Gasteiger partial charge on any atom is -0.338 e.